The van der Waals surface area contributed by atoms with Crippen LogP contribution in [0, 0.1) is 0 Å². The molecule has 5 N–H and O–H groups in total. The molecule has 3 heterocycles. The van der Waals surface area contributed by atoms with Gasteiger partial charge in [0.15, 0.2) is 0 Å². The molecule has 0 radical (unpaired) electrons. The van der Waals surface area contributed by atoms with Crippen LogP contribution in [0.2, 0.25) is 0 Å². The summed E-state index contributed by atoms with van der Waals surface area (Å²) < 4.78 is 0. The average Bonchev–Trinajstić information content (AvgIpc) is 3.03. The molecule has 1 aliphatic rings. The van der Waals surface area contributed by atoms with Crippen molar-refractivity contribution in [1.82, 2.24) is 9.97 Å². The number of nitrogens with zero attached hydrogens (tertiary/aromatic N) is 2. The smallest absolute Gasteiger partial charge is 0.223 e. The fourth-order valence-electron chi connectivity index (χ4n) is 3.24. The van der Waals surface area contributed by atoms with Gasteiger partial charge in [-0.25, -0.2) is 4.98 Å². The minimum atomic E-state index is 0.218. The van der Waals surface area contributed by atoms with Gasteiger partial charge < -0.3 is 16.8 Å². The lowest BCUT2D eigenvalue weighted by atomic mass is 10.0. The van der Waals surface area contributed by atoms with E-state index < -0.39 is 0 Å². The quantitative estimate of drug-likeness (QED) is 0.415. The second kappa shape index (κ2) is 5.89. The number of nitrogen functional groups attached to an aromatic ring is 2. The summed E-state index contributed by atoms with van der Waals surface area (Å²) in [7, 11) is 0. The Morgan fingerprint density at radius 3 is 2.69 bits per heavy atom. The number of benzene rings is 2. The number of anilines is 4. The third-order valence-electron chi connectivity index (χ3n) is 4.42. The van der Waals surface area contributed by atoms with Crippen LogP contribution in [0.1, 0.15) is 11.1 Å². The molecule has 0 spiro atoms. The predicted octanol–water partition coefficient (Wildman–Crippen LogP) is 4.65. The maximum atomic E-state index is 6.11. The van der Waals surface area contributed by atoms with Gasteiger partial charge in [-0.1, -0.05) is 36.0 Å². The maximum Gasteiger partial charge on any atom is 0.223 e. The zero-order chi connectivity index (χ0) is 17.7. The van der Waals surface area contributed by atoms with Gasteiger partial charge in [0.1, 0.15) is 10.6 Å². The molecule has 7 heteroatoms. The molecule has 2 aromatic heterocycles. The SMILES string of the molecule is Nc1nc(N)c2c(Cc3cccc4c3Nc3ccccc3S4)csc2n1. The molecule has 5 rings (SSSR count). The molecule has 0 aliphatic carbocycles. The first kappa shape index (κ1) is 15.5. The average molecular weight is 377 g/mol. The number of hydrogen-bond donors (Lipinski definition) is 3. The standard InChI is InChI=1S/C19H15N5S2/c20-17-15-11(9-25-18(15)24-19(21)23-17)8-10-4-3-7-14-16(10)22-12-5-1-2-6-13(12)26-14/h1-7,9,22H,8H2,(H4,20,21,23,24). The van der Waals surface area contributed by atoms with Crippen LogP contribution >= 0.6 is 23.1 Å². The monoisotopic (exact) mass is 377 g/mol. The van der Waals surface area contributed by atoms with Crippen LogP contribution in [0.25, 0.3) is 10.2 Å². The van der Waals surface area contributed by atoms with E-state index in [0.29, 0.717) is 5.82 Å². The van der Waals surface area contributed by atoms with E-state index in [1.54, 1.807) is 23.1 Å². The van der Waals surface area contributed by atoms with Crippen LogP contribution < -0.4 is 16.8 Å². The molecule has 128 valence electrons. The van der Waals surface area contributed by atoms with E-state index in [2.05, 4.69) is 63.1 Å². The minimum absolute atomic E-state index is 0.218. The molecule has 0 bridgehead atoms. The van der Waals surface area contributed by atoms with Crippen molar-refractivity contribution in [3.8, 4) is 0 Å². The van der Waals surface area contributed by atoms with Gasteiger partial charge in [-0.05, 0) is 34.7 Å². The Labute approximate surface area is 158 Å². The van der Waals surface area contributed by atoms with Crippen molar-refractivity contribution < 1.29 is 0 Å². The summed E-state index contributed by atoms with van der Waals surface area (Å²) in [5, 5.41) is 6.60. The molecule has 0 saturated carbocycles. The summed E-state index contributed by atoms with van der Waals surface area (Å²) in [5.74, 6) is 0.663. The molecule has 4 aromatic rings. The molecule has 0 saturated heterocycles. The van der Waals surface area contributed by atoms with E-state index in [0.717, 1.165) is 33.6 Å². The number of hydrogen-bond acceptors (Lipinski definition) is 7. The molecule has 0 atom stereocenters. The maximum absolute atomic E-state index is 6.11. The third kappa shape index (κ3) is 2.48. The molecular weight excluding hydrogens is 362 g/mol. The Morgan fingerprint density at radius 2 is 1.77 bits per heavy atom. The topological polar surface area (TPSA) is 89.8 Å². The van der Waals surface area contributed by atoms with Crippen molar-refractivity contribution in [3.05, 3.63) is 59.0 Å². The number of nitrogens with one attached hydrogen (secondary N) is 1. The van der Waals surface area contributed by atoms with Crippen LogP contribution in [0.4, 0.5) is 23.1 Å². The van der Waals surface area contributed by atoms with Crippen LogP contribution in [0.5, 0.6) is 0 Å². The van der Waals surface area contributed by atoms with E-state index in [1.807, 2.05) is 0 Å². The Hall–Kier alpha value is -2.77. The summed E-state index contributed by atoms with van der Waals surface area (Å²) in [6, 6.07) is 14.8. The van der Waals surface area contributed by atoms with Crippen LogP contribution in [0.15, 0.2) is 57.6 Å². The van der Waals surface area contributed by atoms with Gasteiger partial charge in [0.25, 0.3) is 0 Å². The van der Waals surface area contributed by atoms with Gasteiger partial charge in [-0.3, -0.25) is 0 Å². The number of rotatable bonds is 2. The lowest BCUT2D eigenvalue weighted by Gasteiger charge is -2.23. The normalized spacial score (nSPS) is 12.5. The number of aromatic nitrogens is 2. The van der Waals surface area contributed by atoms with Crippen molar-refractivity contribution >= 4 is 56.5 Å². The van der Waals surface area contributed by atoms with Gasteiger partial charge in [0, 0.05) is 16.2 Å². The van der Waals surface area contributed by atoms with Crippen LogP contribution in [-0.2, 0) is 6.42 Å². The fourth-order valence-corrected chi connectivity index (χ4v) is 5.24. The van der Waals surface area contributed by atoms with Crippen LogP contribution in [-0.4, -0.2) is 9.97 Å². The second-order valence-electron chi connectivity index (χ2n) is 6.10. The summed E-state index contributed by atoms with van der Waals surface area (Å²) in [6.07, 6.45) is 0.760. The Balaban J connectivity index is 1.58. The zero-order valence-electron chi connectivity index (χ0n) is 13.7. The predicted molar refractivity (Wildman–Crippen MR) is 109 cm³/mol. The van der Waals surface area contributed by atoms with E-state index in [1.165, 1.54) is 15.4 Å². The van der Waals surface area contributed by atoms with E-state index in [9.17, 15) is 0 Å². The molecular formula is C19H15N5S2. The van der Waals surface area contributed by atoms with Gasteiger partial charge in [-0.15, -0.1) is 11.3 Å². The lowest BCUT2D eigenvalue weighted by Crippen LogP contribution is -2.04. The van der Waals surface area contributed by atoms with E-state index in [-0.39, 0.29) is 5.95 Å². The van der Waals surface area contributed by atoms with Crippen molar-refractivity contribution in [2.75, 3.05) is 16.8 Å². The summed E-state index contributed by atoms with van der Waals surface area (Å²) in [4.78, 5) is 11.7. The highest BCUT2D eigenvalue weighted by Crippen LogP contribution is 2.46. The molecule has 0 amide bonds. The first-order valence-electron chi connectivity index (χ1n) is 8.14. The first-order valence-corrected chi connectivity index (χ1v) is 9.83. The lowest BCUT2D eigenvalue weighted by molar-refractivity contribution is 1.17. The van der Waals surface area contributed by atoms with Crippen molar-refractivity contribution in [2.45, 2.75) is 16.2 Å². The van der Waals surface area contributed by atoms with Crippen LogP contribution in [0.3, 0.4) is 0 Å². The number of para-hydroxylation sites is 2. The van der Waals surface area contributed by atoms with Gasteiger partial charge in [-0.2, -0.15) is 4.98 Å². The highest BCUT2D eigenvalue weighted by atomic mass is 32.2. The third-order valence-corrected chi connectivity index (χ3v) is 6.47. The van der Waals surface area contributed by atoms with E-state index >= 15 is 0 Å². The van der Waals surface area contributed by atoms with Crippen molar-refractivity contribution in [1.29, 1.82) is 0 Å². The Morgan fingerprint density at radius 1 is 0.923 bits per heavy atom. The highest BCUT2D eigenvalue weighted by molar-refractivity contribution is 7.99. The first-order chi connectivity index (χ1) is 12.7. The molecule has 0 unspecified atom stereocenters. The van der Waals surface area contributed by atoms with E-state index in [4.69, 9.17) is 11.5 Å². The number of fused-ring (bicyclic) bond motifs is 3. The minimum Gasteiger partial charge on any atom is -0.383 e. The van der Waals surface area contributed by atoms with Gasteiger partial charge in [0.2, 0.25) is 5.95 Å². The summed E-state index contributed by atoms with van der Waals surface area (Å²) >= 11 is 3.34. The Kier molecular flexibility index (Phi) is 3.51. The highest BCUT2D eigenvalue weighted by Gasteiger charge is 2.19. The van der Waals surface area contributed by atoms with Crippen molar-refractivity contribution in [2.24, 2.45) is 0 Å². The summed E-state index contributed by atoms with van der Waals surface area (Å²) in [6.45, 7) is 0. The number of thiophene rings is 1. The Bertz CT molecular complexity index is 1150. The molecule has 0 fully saturated rings. The molecule has 26 heavy (non-hydrogen) atoms. The molecule has 1 aliphatic heterocycles. The zero-order valence-corrected chi connectivity index (χ0v) is 15.3. The molecule has 5 nitrogen and oxygen atoms in total. The number of nitrogens with two attached hydrogens (primary N) is 2. The summed E-state index contributed by atoms with van der Waals surface area (Å²) in [5.41, 5.74) is 16.5. The van der Waals surface area contributed by atoms with Crippen molar-refractivity contribution in [3.63, 3.8) is 0 Å². The van der Waals surface area contributed by atoms with Gasteiger partial charge in [0.05, 0.1) is 16.8 Å². The largest absolute Gasteiger partial charge is 0.383 e. The van der Waals surface area contributed by atoms with Gasteiger partial charge >= 0.3 is 0 Å². The second-order valence-corrected chi connectivity index (χ2v) is 8.04. The fraction of sp³-hybridized carbons (Fsp3) is 0.0526. The molecule has 2 aromatic carbocycles.